The number of carbonyl (C=O) groups is 1. The van der Waals surface area contributed by atoms with Gasteiger partial charge in [0, 0.05) is 38.9 Å². The first kappa shape index (κ1) is 19.9. The maximum Gasteiger partial charge on any atom is 0.244 e. The molecule has 1 fully saturated rings. The Hall–Kier alpha value is -1.42. The van der Waals surface area contributed by atoms with Gasteiger partial charge in [0.05, 0.1) is 10.3 Å². The summed E-state index contributed by atoms with van der Waals surface area (Å²) in [7, 11) is -1.54. The molecule has 1 aliphatic heterocycles. The summed E-state index contributed by atoms with van der Waals surface area (Å²) < 4.78 is 26.8. The number of thioether (sulfide) groups is 1. The Balaban J connectivity index is 2.01. The third kappa shape index (κ3) is 5.27. The molecule has 1 aromatic rings. The fourth-order valence-electron chi connectivity index (χ4n) is 2.32. The first-order valence-corrected chi connectivity index (χ1v) is 10.4. The SMILES string of the molecule is C=CCNC(=O)C(C)Sc1ccc(S(=O)(=O)N2CCN(C)CC2)cn1. The van der Waals surface area contributed by atoms with Crippen LogP contribution >= 0.6 is 11.8 Å². The monoisotopic (exact) mass is 384 g/mol. The molecule has 1 aliphatic rings. The molecule has 138 valence electrons. The second-order valence-corrected chi connectivity index (χ2v) is 9.13. The van der Waals surface area contributed by atoms with E-state index in [-0.39, 0.29) is 16.1 Å². The molecule has 7 nitrogen and oxygen atoms in total. The summed E-state index contributed by atoms with van der Waals surface area (Å²) in [6.07, 6.45) is 2.98. The van der Waals surface area contributed by atoms with Crippen LogP contribution in [0.3, 0.4) is 0 Å². The van der Waals surface area contributed by atoms with Crippen molar-refractivity contribution in [1.29, 1.82) is 0 Å². The zero-order chi connectivity index (χ0) is 18.4. The summed E-state index contributed by atoms with van der Waals surface area (Å²) in [5.41, 5.74) is 0. The molecule has 1 saturated heterocycles. The average Bonchev–Trinajstić information content (AvgIpc) is 2.60. The standard InChI is InChI=1S/C16H24N4O3S2/c1-4-7-17-16(21)13(2)24-15-6-5-14(12-18-15)25(22,23)20-10-8-19(3)9-11-20/h4-6,12-13H,1,7-11H2,2-3H3,(H,17,21). The predicted molar refractivity (Wildman–Crippen MR) is 99.0 cm³/mol. The lowest BCUT2D eigenvalue weighted by molar-refractivity contribution is -0.120. The zero-order valence-corrected chi connectivity index (χ0v) is 16.1. The molecule has 0 aliphatic carbocycles. The van der Waals surface area contributed by atoms with Gasteiger partial charge in [-0.05, 0) is 26.1 Å². The lowest BCUT2D eigenvalue weighted by Crippen LogP contribution is -2.47. The highest BCUT2D eigenvalue weighted by Crippen LogP contribution is 2.23. The maximum absolute atomic E-state index is 12.6. The van der Waals surface area contributed by atoms with Crippen LogP contribution in [0, 0.1) is 0 Å². The number of pyridine rings is 1. The van der Waals surface area contributed by atoms with Gasteiger partial charge in [-0.3, -0.25) is 4.79 Å². The van der Waals surface area contributed by atoms with Crippen LogP contribution in [-0.4, -0.2) is 73.5 Å². The quantitative estimate of drug-likeness (QED) is 0.553. The van der Waals surface area contributed by atoms with Crippen LogP contribution in [0.5, 0.6) is 0 Å². The summed E-state index contributed by atoms with van der Waals surface area (Å²) in [6.45, 7) is 8.15. The van der Waals surface area contributed by atoms with Gasteiger partial charge in [0.15, 0.2) is 0 Å². The third-order valence-electron chi connectivity index (χ3n) is 3.90. The second kappa shape index (κ2) is 8.79. The van der Waals surface area contributed by atoms with E-state index < -0.39 is 10.0 Å². The number of aromatic nitrogens is 1. The normalized spacial score (nSPS) is 17.8. The van der Waals surface area contributed by atoms with Crippen molar-refractivity contribution in [3.8, 4) is 0 Å². The minimum absolute atomic E-state index is 0.110. The van der Waals surface area contributed by atoms with Crippen LogP contribution in [-0.2, 0) is 14.8 Å². The van der Waals surface area contributed by atoms with Gasteiger partial charge in [0.25, 0.3) is 0 Å². The van der Waals surface area contributed by atoms with E-state index in [9.17, 15) is 13.2 Å². The third-order valence-corrected chi connectivity index (χ3v) is 6.83. The fraction of sp³-hybridized carbons (Fsp3) is 0.500. The zero-order valence-electron chi connectivity index (χ0n) is 14.5. The molecule has 25 heavy (non-hydrogen) atoms. The van der Waals surface area contributed by atoms with Crippen molar-refractivity contribution in [1.82, 2.24) is 19.5 Å². The number of sulfonamides is 1. The lowest BCUT2D eigenvalue weighted by atomic mass is 10.4. The highest BCUT2D eigenvalue weighted by Gasteiger charge is 2.27. The number of hydrogen-bond donors (Lipinski definition) is 1. The Morgan fingerprint density at radius 1 is 1.40 bits per heavy atom. The summed E-state index contributed by atoms with van der Waals surface area (Å²) >= 11 is 1.28. The second-order valence-electron chi connectivity index (χ2n) is 5.83. The number of piperazine rings is 1. The van der Waals surface area contributed by atoms with Gasteiger partial charge in [-0.25, -0.2) is 13.4 Å². The fourth-order valence-corrected chi connectivity index (χ4v) is 4.50. The molecule has 1 aromatic heterocycles. The van der Waals surface area contributed by atoms with E-state index in [4.69, 9.17) is 0 Å². The molecule has 0 spiro atoms. The van der Waals surface area contributed by atoms with Crippen LogP contribution < -0.4 is 5.32 Å². The van der Waals surface area contributed by atoms with Gasteiger partial charge < -0.3 is 10.2 Å². The molecule has 0 saturated carbocycles. The molecule has 1 amide bonds. The summed E-state index contributed by atoms with van der Waals surface area (Å²) in [4.78, 5) is 18.3. The highest BCUT2D eigenvalue weighted by atomic mass is 32.2. The van der Waals surface area contributed by atoms with Crippen LogP contribution in [0.2, 0.25) is 0 Å². The van der Waals surface area contributed by atoms with E-state index in [0.29, 0.717) is 24.7 Å². The predicted octanol–water partition coefficient (Wildman–Crippen LogP) is 0.800. The van der Waals surface area contributed by atoms with Gasteiger partial charge in [-0.15, -0.1) is 6.58 Å². The number of rotatable bonds is 7. The van der Waals surface area contributed by atoms with Crippen LogP contribution in [0.15, 0.2) is 40.9 Å². The van der Waals surface area contributed by atoms with E-state index in [1.54, 1.807) is 25.1 Å². The number of likely N-dealkylation sites (N-methyl/N-ethyl adjacent to an activating group) is 1. The molecule has 1 unspecified atom stereocenters. The number of nitrogens with one attached hydrogen (secondary N) is 1. The highest BCUT2D eigenvalue weighted by molar-refractivity contribution is 8.00. The van der Waals surface area contributed by atoms with E-state index in [1.165, 1.54) is 22.3 Å². The minimum Gasteiger partial charge on any atom is -0.352 e. The van der Waals surface area contributed by atoms with Crippen LogP contribution in [0.25, 0.3) is 0 Å². The molecule has 9 heteroatoms. The Labute approximate surface area is 153 Å². The van der Waals surface area contributed by atoms with E-state index in [0.717, 1.165) is 13.1 Å². The van der Waals surface area contributed by atoms with Crippen molar-refractivity contribution < 1.29 is 13.2 Å². The summed E-state index contributed by atoms with van der Waals surface area (Å²) in [5, 5.41) is 3.01. The Morgan fingerprint density at radius 2 is 2.08 bits per heavy atom. The van der Waals surface area contributed by atoms with E-state index >= 15 is 0 Å². The van der Waals surface area contributed by atoms with Gasteiger partial charge in [-0.2, -0.15) is 4.31 Å². The Bertz CT molecular complexity index is 699. The van der Waals surface area contributed by atoms with Crippen molar-refractivity contribution >= 4 is 27.7 Å². The van der Waals surface area contributed by atoms with Gasteiger partial charge in [-0.1, -0.05) is 17.8 Å². The van der Waals surface area contributed by atoms with Crippen molar-refractivity contribution in [2.45, 2.75) is 22.1 Å². The van der Waals surface area contributed by atoms with E-state index in [1.807, 2.05) is 7.05 Å². The molecule has 1 N–H and O–H groups in total. The van der Waals surface area contributed by atoms with E-state index in [2.05, 4.69) is 21.8 Å². The van der Waals surface area contributed by atoms with Crippen LogP contribution in [0.1, 0.15) is 6.92 Å². The van der Waals surface area contributed by atoms with Crippen molar-refractivity contribution in [3.63, 3.8) is 0 Å². The van der Waals surface area contributed by atoms with Crippen molar-refractivity contribution in [2.75, 3.05) is 39.8 Å². The summed E-state index contributed by atoms with van der Waals surface area (Å²) in [5.74, 6) is -0.110. The molecule has 2 rings (SSSR count). The average molecular weight is 385 g/mol. The smallest absolute Gasteiger partial charge is 0.244 e. The molecular weight excluding hydrogens is 360 g/mol. The molecule has 0 aromatic carbocycles. The largest absolute Gasteiger partial charge is 0.352 e. The Kier molecular flexibility index (Phi) is 7.00. The van der Waals surface area contributed by atoms with Crippen LogP contribution in [0.4, 0.5) is 0 Å². The first-order valence-electron chi connectivity index (χ1n) is 8.04. The molecule has 0 radical (unpaired) electrons. The van der Waals surface area contributed by atoms with Gasteiger partial charge in [0.2, 0.25) is 15.9 Å². The molecule has 2 heterocycles. The minimum atomic E-state index is -3.51. The van der Waals surface area contributed by atoms with Gasteiger partial charge >= 0.3 is 0 Å². The topological polar surface area (TPSA) is 82.6 Å². The lowest BCUT2D eigenvalue weighted by Gasteiger charge is -2.31. The number of amides is 1. The molecular formula is C16H24N4O3S2. The summed E-state index contributed by atoms with van der Waals surface area (Å²) in [6, 6.07) is 3.20. The van der Waals surface area contributed by atoms with Crippen molar-refractivity contribution in [3.05, 3.63) is 31.0 Å². The number of hydrogen-bond acceptors (Lipinski definition) is 6. The number of nitrogens with zero attached hydrogens (tertiary/aromatic N) is 3. The molecule has 0 bridgehead atoms. The first-order chi connectivity index (χ1) is 11.8. The number of carbonyl (C=O) groups excluding carboxylic acids is 1. The Morgan fingerprint density at radius 3 is 2.64 bits per heavy atom. The van der Waals surface area contributed by atoms with Crippen molar-refractivity contribution in [2.24, 2.45) is 0 Å². The maximum atomic E-state index is 12.6. The van der Waals surface area contributed by atoms with Gasteiger partial charge in [0.1, 0.15) is 4.90 Å². The molecule has 1 atom stereocenters.